The second-order valence-corrected chi connectivity index (χ2v) is 3.21. The minimum Gasteiger partial charge on any atom is -0.394 e. The topological polar surface area (TPSA) is 131 Å². The summed E-state index contributed by atoms with van der Waals surface area (Å²) in [6.07, 6.45) is -9.26. The zero-order valence-electron chi connectivity index (χ0n) is 7.26. The van der Waals surface area contributed by atoms with Crippen LogP contribution in [0.25, 0.3) is 0 Å². The van der Waals surface area contributed by atoms with E-state index in [1.165, 1.54) is 0 Å². The summed E-state index contributed by atoms with van der Waals surface area (Å²) in [6.45, 7) is -0.683. The molecule has 84 valence electrons. The Kier molecular flexibility index (Phi) is 3.78. The molecule has 6 atom stereocenters. The summed E-state index contributed by atoms with van der Waals surface area (Å²) in [5.41, 5.74) is 0. The van der Waals surface area contributed by atoms with Crippen LogP contribution in [-0.4, -0.2) is 74.1 Å². The van der Waals surface area contributed by atoms with Crippen LogP contribution in [0, 0.1) is 0 Å². The molecule has 1 saturated heterocycles. The molecule has 0 aliphatic carbocycles. The van der Waals surface area contributed by atoms with Gasteiger partial charge in [-0.2, -0.15) is 0 Å². The van der Waals surface area contributed by atoms with Crippen molar-refractivity contribution >= 4 is 0 Å². The van der Waals surface area contributed by atoms with Gasteiger partial charge in [-0.1, -0.05) is 0 Å². The molecule has 1 aliphatic heterocycles. The van der Waals surface area contributed by atoms with E-state index in [1.54, 1.807) is 0 Å². The Balaban J connectivity index is 2.70. The molecule has 0 amide bonds. The lowest BCUT2D eigenvalue weighted by Gasteiger charge is -2.39. The van der Waals surface area contributed by atoms with Crippen molar-refractivity contribution in [2.24, 2.45) is 0 Å². The zero-order chi connectivity index (χ0) is 10.9. The van der Waals surface area contributed by atoms with Crippen molar-refractivity contribution in [1.29, 1.82) is 0 Å². The van der Waals surface area contributed by atoms with Gasteiger partial charge in [-0.15, -0.1) is 0 Å². The van der Waals surface area contributed by atoms with Crippen LogP contribution in [0.4, 0.5) is 0 Å². The Hall–Kier alpha value is -0.280. The molecule has 0 bridgehead atoms. The fourth-order valence-electron chi connectivity index (χ4n) is 1.31. The van der Waals surface area contributed by atoms with Crippen molar-refractivity contribution in [3.05, 3.63) is 0 Å². The van der Waals surface area contributed by atoms with Gasteiger partial charge in [0.05, 0.1) is 6.61 Å². The fraction of sp³-hybridized carbons (Fsp3) is 1.00. The highest BCUT2D eigenvalue weighted by Crippen LogP contribution is 2.21. The number of aliphatic hydroxyl groups is 6. The average Bonchev–Trinajstić information content (AvgIpc) is 2.19. The Morgan fingerprint density at radius 3 is 2.07 bits per heavy atom. The van der Waals surface area contributed by atoms with Gasteiger partial charge < -0.3 is 35.4 Å². The van der Waals surface area contributed by atoms with Gasteiger partial charge >= 0.3 is 0 Å². The van der Waals surface area contributed by atoms with E-state index in [4.69, 9.17) is 20.4 Å². The maximum Gasteiger partial charge on any atom is 0.184 e. The molecule has 3 unspecified atom stereocenters. The summed E-state index contributed by atoms with van der Waals surface area (Å²) in [4.78, 5) is 0. The molecule has 7 heteroatoms. The lowest BCUT2D eigenvalue weighted by atomic mass is 9.96. The number of ether oxygens (including phenoxy) is 1. The van der Waals surface area contributed by atoms with Crippen molar-refractivity contribution < 1.29 is 35.4 Å². The summed E-state index contributed by atoms with van der Waals surface area (Å²) in [5.74, 6) is 0. The van der Waals surface area contributed by atoms with E-state index in [2.05, 4.69) is 4.74 Å². The molecule has 1 rings (SSSR count). The zero-order valence-corrected chi connectivity index (χ0v) is 7.26. The molecule has 0 aromatic rings. The molecular weight excluding hydrogens is 196 g/mol. The van der Waals surface area contributed by atoms with E-state index < -0.39 is 43.4 Å². The minimum atomic E-state index is -1.69. The first kappa shape index (κ1) is 11.8. The Bertz CT molecular complexity index is 187. The summed E-state index contributed by atoms with van der Waals surface area (Å²) < 4.78 is 4.62. The van der Waals surface area contributed by atoms with Gasteiger partial charge in [-0.25, -0.2) is 0 Å². The SMILES string of the molecule is OC[C@@H](O)C1OC(O)C(O)[C@H](O)[C@@H]1O. The summed E-state index contributed by atoms with van der Waals surface area (Å²) in [7, 11) is 0. The van der Waals surface area contributed by atoms with Crippen molar-refractivity contribution in [1.82, 2.24) is 0 Å². The van der Waals surface area contributed by atoms with E-state index in [1.807, 2.05) is 0 Å². The van der Waals surface area contributed by atoms with Crippen LogP contribution in [0.5, 0.6) is 0 Å². The van der Waals surface area contributed by atoms with Crippen LogP contribution in [0.2, 0.25) is 0 Å². The molecule has 0 radical (unpaired) electrons. The standard InChI is InChI=1S/C7H14O7/c8-1-2(9)6-4(11)3(10)5(12)7(13)14-6/h2-13H,1H2/t2-,3-,4+,5?,6?,7?/m1/s1. The third kappa shape index (κ3) is 2.04. The van der Waals surface area contributed by atoms with E-state index >= 15 is 0 Å². The maximum atomic E-state index is 9.31. The predicted molar refractivity (Wildman–Crippen MR) is 42.0 cm³/mol. The first-order valence-corrected chi connectivity index (χ1v) is 4.15. The molecule has 1 heterocycles. The van der Waals surface area contributed by atoms with E-state index in [-0.39, 0.29) is 0 Å². The number of rotatable bonds is 2. The van der Waals surface area contributed by atoms with Gasteiger partial charge in [-0.3, -0.25) is 0 Å². The molecule has 7 nitrogen and oxygen atoms in total. The van der Waals surface area contributed by atoms with Gasteiger partial charge in [0.25, 0.3) is 0 Å². The Morgan fingerprint density at radius 1 is 1.00 bits per heavy atom. The smallest absolute Gasteiger partial charge is 0.184 e. The third-order valence-electron chi connectivity index (χ3n) is 2.19. The highest BCUT2D eigenvalue weighted by Gasteiger charge is 2.45. The van der Waals surface area contributed by atoms with Crippen LogP contribution >= 0.6 is 0 Å². The summed E-state index contributed by atoms with van der Waals surface area (Å²) >= 11 is 0. The van der Waals surface area contributed by atoms with Crippen LogP contribution in [0.3, 0.4) is 0 Å². The van der Waals surface area contributed by atoms with Gasteiger partial charge in [-0.05, 0) is 0 Å². The van der Waals surface area contributed by atoms with Gasteiger partial charge in [0.1, 0.15) is 30.5 Å². The van der Waals surface area contributed by atoms with Gasteiger partial charge in [0.15, 0.2) is 6.29 Å². The van der Waals surface area contributed by atoms with Crippen LogP contribution in [0.1, 0.15) is 0 Å². The molecule has 1 fully saturated rings. The van der Waals surface area contributed by atoms with Crippen LogP contribution in [-0.2, 0) is 4.74 Å². The molecule has 0 spiro atoms. The molecule has 0 aromatic heterocycles. The lowest BCUT2D eigenvalue weighted by Crippen LogP contribution is -2.61. The van der Waals surface area contributed by atoms with E-state index in [9.17, 15) is 10.2 Å². The van der Waals surface area contributed by atoms with Gasteiger partial charge in [0.2, 0.25) is 0 Å². The molecular formula is C7H14O7. The molecule has 1 aliphatic rings. The Labute approximate surface area is 79.8 Å². The number of hydrogen-bond acceptors (Lipinski definition) is 7. The van der Waals surface area contributed by atoms with Crippen molar-refractivity contribution in [3.8, 4) is 0 Å². The highest BCUT2D eigenvalue weighted by atomic mass is 16.6. The predicted octanol–water partition coefficient (Wildman–Crippen LogP) is -3.86. The van der Waals surface area contributed by atoms with Gasteiger partial charge in [0, 0.05) is 0 Å². The highest BCUT2D eigenvalue weighted by molar-refractivity contribution is 4.91. The minimum absolute atomic E-state index is 0.683. The van der Waals surface area contributed by atoms with Crippen molar-refractivity contribution in [2.75, 3.05) is 6.61 Å². The van der Waals surface area contributed by atoms with Crippen LogP contribution < -0.4 is 0 Å². The fourth-order valence-corrected chi connectivity index (χ4v) is 1.31. The normalized spacial score (nSPS) is 46.3. The summed E-state index contributed by atoms with van der Waals surface area (Å²) in [5, 5.41) is 54.3. The van der Waals surface area contributed by atoms with Crippen molar-refractivity contribution in [3.63, 3.8) is 0 Å². The molecule has 0 aromatic carbocycles. The monoisotopic (exact) mass is 210 g/mol. The number of aliphatic hydroxyl groups excluding tert-OH is 6. The average molecular weight is 210 g/mol. The molecule has 6 N–H and O–H groups in total. The molecule has 0 saturated carbocycles. The maximum absolute atomic E-state index is 9.31. The van der Waals surface area contributed by atoms with Crippen LogP contribution in [0.15, 0.2) is 0 Å². The number of hydrogen-bond donors (Lipinski definition) is 6. The van der Waals surface area contributed by atoms with Crippen molar-refractivity contribution in [2.45, 2.75) is 36.8 Å². The largest absolute Gasteiger partial charge is 0.394 e. The lowest BCUT2D eigenvalue weighted by molar-refractivity contribution is -0.298. The molecule has 14 heavy (non-hydrogen) atoms. The quantitative estimate of drug-likeness (QED) is 0.275. The van der Waals surface area contributed by atoms with E-state index in [0.717, 1.165) is 0 Å². The second kappa shape index (κ2) is 4.49. The summed E-state index contributed by atoms with van der Waals surface area (Å²) in [6, 6.07) is 0. The first-order valence-electron chi connectivity index (χ1n) is 4.15. The van der Waals surface area contributed by atoms with E-state index in [0.29, 0.717) is 0 Å². The second-order valence-electron chi connectivity index (χ2n) is 3.21. The Morgan fingerprint density at radius 2 is 1.57 bits per heavy atom. The third-order valence-corrected chi connectivity index (χ3v) is 2.19. The first-order chi connectivity index (χ1) is 6.49.